The molecule has 1 aromatic heterocycles. The maximum Gasteiger partial charge on any atom is 0.193 e. The summed E-state index contributed by atoms with van der Waals surface area (Å²) in [5.74, 6) is 3.41. The second kappa shape index (κ2) is 10.2. The summed E-state index contributed by atoms with van der Waals surface area (Å²) in [4.78, 5) is 9.04. The molecule has 1 aliphatic rings. The largest absolute Gasteiger partial charge is 0.497 e. The Kier molecular flexibility index (Phi) is 7.41. The van der Waals surface area contributed by atoms with E-state index in [-0.39, 0.29) is 6.04 Å². The molecule has 1 atom stereocenters. The van der Waals surface area contributed by atoms with Crippen LogP contribution >= 0.6 is 0 Å². The first-order chi connectivity index (χ1) is 14.2. The average Bonchev–Trinajstić information content (AvgIpc) is 3.46. The Morgan fingerprint density at radius 1 is 1.24 bits per heavy atom. The van der Waals surface area contributed by atoms with E-state index < -0.39 is 0 Å². The third-order valence-corrected chi connectivity index (χ3v) is 5.38. The van der Waals surface area contributed by atoms with Crippen molar-refractivity contribution in [1.82, 2.24) is 15.1 Å². The van der Waals surface area contributed by atoms with E-state index in [0.29, 0.717) is 6.54 Å². The lowest BCUT2D eigenvalue weighted by atomic mass is 10.1. The Hall–Kier alpha value is -2.67. The fourth-order valence-electron chi connectivity index (χ4n) is 3.83. The van der Waals surface area contributed by atoms with Gasteiger partial charge in [-0.15, -0.1) is 0 Å². The molecular formula is C22H32N4O3. The molecule has 2 aromatic rings. The van der Waals surface area contributed by atoms with E-state index in [2.05, 4.69) is 26.2 Å². The molecule has 1 saturated heterocycles. The summed E-state index contributed by atoms with van der Waals surface area (Å²) in [6, 6.07) is 10.1. The van der Waals surface area contributed by atoms with Gasteiger partial charge < -0.3 is 24.1 Å². The van der Waals surface area contributed by atoms with Crippen molar-refractivity contribution in [1.29, 1.82) is 0 Å². The van der Waals surface area contributed by atoms with Crippen LogP contribution in [0.25, 0.3) is 0 Å². The third kappa shape index (κ3) is 5.23. The zero-order valence-electron chi connectivity index (χ0n) is 17.9. The molecular weight excluding hydrogens is 368 g/mol. The Morgan fingerprint density at radius 2 is 2.03 bits per heavy atom. The molecule has 3 rings (SSSR count). The fourth-order valence-corrected chi connectivity index (χ4v) is 3.83. The molecule has 7 nitrogen and oxygen atoms in total. The Balaban J connectivity index is 1.66. The van der Waals surface area contributed by atoms with Gasteiger partial charge in [0.2, 0.25) is 0 Å². The molecule has 0 aliphatic carbocycles. The van der Waals surface area contributed by atoms with Gasteiger partial charge in [0.15, 0.2) is 5.96 Å². The molecule has 1 N–H and O–H groups in total. The van der Waals surface area contributed by atoms with Crippen LogP contribution in [0.3, 0.4) is 0 Å². The highest BCUT2D eigenvalue weighted by molar-refractivity contribution is 5.79. The normalized spacial score (nSPS) is 15.9. The molecule has 0 radical (unpaired) electrons. The second-order valence-corrected chi connectivity index (χ2v) is 7.24. The van der Waals surface area contributed by atoms with E-state index in [1.165, 1.54) is 12.8 Å². The first-order valence-electron chi connectivity index (χ1n) is 10.1. The Bertz CT molecular complexity index is 785. The number of nitrogens with zero attached hydrogens (tertiary/aromatic N) is 3. The zero-order valence-corrected chi connectivity index (χ0v) is 17.9. The van der Waals surface area contributed by atoms with Gasteiger partial charge in [-0.25, -0.2) is 0 Å². The van der Waals surface area contributed by atoms with Crippen LogP contribution in [-0.2, 0) is 6.54 Å². The van der Waals surface area contributed by atoms with Crippen molar-refractivity contribution in [3.8, 4) is 11.5 Å². The van der Waals surface area contributed by atoms with Gasteiger partial charge in [0, 0.05) is 38.8 Å². The van der Waals surface area contributed by atoms with Crippen LogP contribution in [0.1, 0.15) is 30.2 Å². The van der Waals surface area contributed by atoms with Gasteiger partial charge in [0.25, 0.3) is 0 Å². The van der Waals surface area contributed by atoms with Crippen LogP contribution in [-0.4, -0.2) is 63.7 Å². The van der Waals surface area contributed by atoms with E-state index in [9.17, 15) is 0 Å². The third-order valence-electron chi connectivity index (χ3n) is 5.38. The van der Waals surface area contributed by atoms with Crippen molar-refractivity contribution in [2.24, 2.45) is 4.99 Å². The molecule has 29 heavy (non-hydrogen) atoms. The lowest BCUT2D eigenvalue weighted by Crippen LogP contribution is -2.43. The van der Waals surface area contributed by atoms with Crippen LogP contribution in [0.2, 0.25) is 0 Å². The number of guanidine groups is 1. The molecule has 0 amide bonds. The number of nitrogens with one attached hydrogen (secondary N) is 1. The molecule has 1 aliphatic heterocycles. The first kappa shape index (κ1) is 21.0. The van der Waals surface area contributed by atoms with Crippen LogP contribution in [0.15, 0.2) is 46.0 Å². The second-order valence-electron chi connectivity index (χ2n) is 7.24. The van der Waals surface area contributed by atoms with E-state index in [1.807, 2.05) is 38.4 Å². The molecule has 0 saturated carbocycles. The molecule has 1 aromatic carbocycles. The predicted molar refractivity (Wildman–Crippen MR) is 115 cm³/mol. The van der Waals surface area contributed by atoms with Gasteiger partial charge in [0.1, 0.15) is 17.3 Å². The summed E-state index contributed by atoms with van der Waals surface area (Å²) in [6.07, 6.45) is 4.22. The first-order valence-corrected chi connectivity index (χ1v) is 10.1. The van der Waals surface area contributed by atoms with Crippen LogP contribution in [0.5, 0.6) is 11.5 Å². The molecule has 1 unspecified atom stereocenters. The summed E-state index contributed by atoms with van der Waals surface area (Å²) in [7, 11) is 7.16. The molecule has 0 bridgehead atoms. The number of benzene rings is 1. The number of hydrogen-bond donors (Lipinski definition) is 1. The van der Waals surface area contributed by atoms with Gasteiger partial charge in [-0.1, -0.05) is 0 Å². The smallest absolute Gasteiger partial charge is 0.193 e. The number of rotatable bonds is 8. The van der Waals surface area contributed by atoms with Crippen LogP contribution < -0.4 is 14.8 Å². The lowest BCUT2D eigenvalue weighted by Gasteiger charge is -2.29. The Labute approximate surface area is 173 Å². The fraction of sp³-hybridized carbons (Fsp3) is 0.500. The minimum absolute atomic E-state index is 0.202. The minimum Gasteiger partial charge on any atom is -0.497 e. The summed E-state index contributed by atoms with van der Waals surface area (Å²) >= 11 is 0. The van der Waals surface area contributed by atoms with Crippen molar-refractivity contribution < 1.29 is 13.9 Å². The standard InChI is InChI=1S/C22H32N4O3/c1-23-22(25(2)16-17-9-10-18(27-3)14-21(17)28-4)24-15-19(20-8-7-13-29-20)26-11-5-6-12-26/h7-10,13-14,19H,5-6,11-12,15-16H2,1-4H3,(H,23,24). The van der Waals surface area contributed by atoms with Gasteiger partial charge in [-0.3, -0.25) is 9.89 Å². The SMILES string of the molecule is CN=C(NCC(c1ccco1)N1CCCC1)N(C)Cc1ccc(OC)cc1OC. The summed E-state index contributed by atoms with van der Waals surface area (Å²) in [5, 5.41) is 3.52. The predicted octanol–water partition coefficient (Wildman–Crippen LogP) is 3.14. The maximum atomic E-state index is 5.72. The molecule has 158 valence electrons. The van der Waals surface area contributed by atoms with Crippen molar-refractivity contribution in [2.75, 3.05) is 47.9 Å². The zero-order chi connectivity index (χ0) is 20.6. The lowest BCUT2D eigenvalue weighted by molar-refractivity contribution is 0.214. The molecule has 0 spiro atoms. The van der Waals surface area contributed by atoms with Gasteiger partial charge in [-0.05, 0) is 50.2 Å². The monoisotopic (exact) mass is 400 g/mol. The van der Waals surface area contributed by atoms with Crippen molar-refractivity contribution in [2.45, 2.75) is 25.4 Å². The highest BCUT2D eigenvalue weighted by Crippen LogP contribution is 2.26. The van der Waals surface area contributed by atoms with E-state index in [4.69, 9.17) is 13.9 Å². The average molecular weight is 401 g/mol. The van der Waals surface area contributed by atoms with Gasteiger partial charge in [-0.2, -0.15) is 0 Å². The molecule has 2 heterocycles. The van der Waals surface area contributed by atoms with E-state index in [1.54, 1.807) is 20.5 Å². The highest BCUT2D eigenvalue weighted by atomic mass is 16.5. The number of hydrogen-bond acceptors (Lipinski definition) is 5. The van der Waals surface area contributed by atoms with Crippen molar-refractivity contribution in [3.05, 3.63) is 47.9 Å². The molecule has 1 fully saturated rings. The van der Waals surface area contributed by atoms with Gasteiger partial charge in [0.05, 0.1) is 26.5 Å². The van der Waals surface area contributed by atoms with E-state index >= 15 is 0 Å². The van der Waals surface area contributed by atoms with Crippen LogP contribution in [0.4, 0.5) is 0 Å². The Morgan fingerprint density at radius 3 is 2.66 bits per heavy atom. The summed E-state index contributed by atoms with van der Waals surface area (Å²) < 4.78 is 16.5. The van der Waals surface area contributed by atoms with Crippen molar-refractivity contribution >= 4 is 5.96 Å². The summed E-state index contributed by atoms with van der Waals surface area (Å²) in [5.41, 5.74) is 1.07. The number of ether oxygens (including phenoxy) is 2. The van der Waals surface area contributed by atoms with E-state index in [0.717, 1.165) is 48.4 Å². The van der Waals surface area contributed by atoms with Crippen LogP contribution in [0, 0.1) is 0 Å². The van der Waals surface area contributed by atoms with Crippen molar-refractivity contribution in [3.63, 3.8) is 0 Å². The maximum absolute atomic E-state index is 5.72. The topological polar surface area (TPSA) is 62.5 Å². The summed E-state index contributed by atoms with van der Waals surface area (Å²) in [6.45, 7) is 3.61. The minimum atomic E-state index is 0.202. The number of furan rings is 1. The molecule has 7 heteroatoms. The van der Waals surface area contributed by atoms with Gasteiger partial charge >= 0.3 is 0 Å². The highest BCUT2D eigenvalue weighted by Gasteiger charge is 2.26. The number of methoxy groups -OCH3 is 2. The quantitative estimate of drug-likeness (QED) is 0.543. The number of likely N-dealkylation sites (tertiary alicyclic amines) is 1. The number of aliphatic imine (C=N–C) groups is 1.